The zero-order valence-corrected chi connectivity index (χ0v) is 13.2. The Morgan fingerprint density at radius 3 is 2.24 bits per heavy atom. The summed E-state index contributed by atoms with van der Waals surface area (Å²) in [5, 5.41) is 0. The molecule has 1 aromatic rings. The first kappa shape index (κ1) is 17.2. The third kappa shape index (κ3) is 5.58. The molecular weight excluding hydrogens is 268 g/mol. The van der Waals surface area contributed by atoms with Crippen molar-refractivity contribution in [3.63, 3.8) is 0 Å². The summed E-state index contributed by atoms with van der Waals surface area (Å²) in [5.41, 5.74) is 0.483. The summed E-state index contributed by atoms with van der Waals surface area (Å²) >= 11 is 0. The molecule has 0 aromatic heterocycles. The summed E-state index contributed by atoms with van der Waals surface area (Å²) in [7, 11) is 0. The van der Waals surface area contributed by atoms with Gasteiger partial charge in [0.15, 0.2) is 0 Å². The Labute approximate surface area is 126 Å². The number of carbonyl (C=O) groups excluding carboxylic acids is 2. The second kappa shape index (κ2) is 8.45. The van der Waals surface area contributed by atoms with Crippen molar-refractivity contribution in [3.05, 3.63) is 35.9 Å². The molecule has 4 nitrogen and oxygen atoms in total. The summed E-state index contributed by atoms with van der Waals surface area (Å²) < 4.78 is 10.5. The van der Waals surface area contributed by atoms with Gasteiger partial charge >= 0.3 is 11.9 Å². The zero-order chi connectivity index (χ0) is 15.8. The molecule has 0 saturated heterocycles. The Balaban J connectivity index is 2.73. The maximum Gasteiger partial charge on any atom is 0.338 e. The monoisotopic (exact) mass is 292 g/mol. The molecule has 0 N–H and O–H groups in total. The van der Waals surface area contributed by atoms with Crippen molar-refractivity contribution in [2.45, 2.75) is 40.2 Å². The lowest BCUT2D eigenvalue weighted by molar-refractivity contribution is -0.152. The van der Waals surface area contributed by atoms with E-state index in [1.165, 1.54) is 0 Å². The van der Waals surface area contributed by atoms with Crippen molar-refractivity contribution in [1.29, 1.82) is 0 Å². The summed E-state index contributed by atoms with van der Waals surface area (Å²) in [4.78, 5) is 24.1. The highest BCUT2D eigenvalue weighted by molar-refractivity contribution is 5.89. The predicted octanol–water partition coefficient (Wildman–Crippen LogP) is 3.46. The van der Waals surface area contributed by atoms with E-state index < -0.39 is 18.0 Å². The van der Waals surface area contributed by atoms with E-state index in [-0.39, 0.29) is 5.97 Å². The van der Waals surface area contributed by atoms with Gasteiger partial charge in [0.05, 0.1) is 18.1 Å². The molecule has 0 aliphatic heterocycles. The van der Waals surface area contributed by atoms with Gasteiger partial charge in [-0.3, -0.25) is 4.79 Å². The zero-order valence-electron chi connectivity index (χ0n) is 13.2. The van der Waals surface area contributed by atoms with Crippen LogP contribution in [0, 0.1) is 11.8 Å². The molecule has 0 fully saturated rings. The van der Waals surface area contributed by atoms with E-state index in [2.05, 4.69) is 0 Å². The minimum Gasteiger partial charge on any atom is -0.466 e. The van der Waals surface area contributed by atoms with Gasteiger partial charge in [0.1, 0.15) is 6.10 Å². The smallest absolute Gasteiger partial charge is 0.338 e. The number of ether oxygens (including phenoxy) is 2. The fraction of sp³-hybridized carbons (Fsp3) is 0.529. The van der Waals surface area contributed by atoms with Crippen LogP contribution in [0.25, 0.3) is 0 Å². The number of hydrogen-bond donors (Lipinski definition) is 0. The van der Waals surface area contributed by atoms with E-state index in [9.17, 15) is 9.59 Å². The van der Waals surface area contributed by atoms with Gasteiger partial charge in [-0.15, -0.1) is 0 Å². The van der Waals surface area contributed by atoms with E-state index in [4.69, 9.17) is 9.47 Å². The molecule has 0 spiro atoms. The number of benzene rings is 1. The van der Waals surface area contributed by atoms with Crippen LogP contribution in [0.1, 0.15) is 44.5 Å². The highest BCUT2D eigenvalue weighted by Crippen LogP contribution is 2.21. The van der Waals surface area contributed by atoms with E-state index >= 15 is 0 Å². The Hall–Kier alpha value is -1.84. The van der Waals surface area contributed by atoms with Gasteiger partial charge in [0.2, 0.25) is 0 Å². The first-order chi connectivity index (χ1) is 9.95. The molecule has 0 saturated carbocycles. The van der Waals surface area contributed by atoms with E-state index in [0.29, 0.717) is 24.5 Å². The van der Waals surface area contributed by atoms with Crippen molar-refractivity contribution < 1.29 is 19.1 Å². The maximum atomic E-state index is 12.1. The molecule has 1 rings (SSSR count). The molecule has 116 valence electrons. The van der Waals surface area contributed by atoms with Crippen LogP contribution in [0.4, 0.5) is 0 Å². The Morgan fingerprint density at radius 1 is 1.10 bits per heavy atom. The van der Waals surface area contributed by atoms with Crippen LogP contribution in [0.5, 0.6) is 0 Å². The molecule has 2 unspecified atom stereocenters. The Morgan fingerprint density at radius 2 is 1.71 bits per heavy atom. The minimum atomic E-state index is -0.515. The summed E-state index contributed by atoms with van der Waals surface area (Å²) in [6, 6.07) is 8.77. The van der Waals surface area contributed by atoms with Crippen molar-refractivity contribution in [3.8, 4) is 0 Å². The van der Waals surface area contributed by atoms with Crippen LogP contribution in [0.3, 0.4) is 0 Å². The van der Waals surface area contributed by atoms with Gasteiger partial charge in [-0.1, -0.05) is 32.0 Å². The molecule has 0 aliphatic rings. The SMILES string of the molecule is CCOC(=O)C(CC(C)C)C(C)OC(=O)c1ccccc1. The minimum absolute atomic E-state index is 0.306. The molecule has 0 bridgehead atoms. The van der Waals surface area contributed by atoms with Crippen molar-refractivity contribution in [2.24, 2.45) is 11.8 Å². The number of rotatable bonds is 7. The summed E-state index contributed by atoms with van der Waals surface area (Å²) in [6.45, 7) is 7.89. The van der Waals surface area contributed by atoms with Crippen molar-refractivity contribution >= 4 is 11.9 Å². The van der Waals surface area contributed by atoms with Gasteiger partial charge in [-0.05, 0) is 38.3 Å². The summed E-state index contributed by atoms with van der Waals surface area (Å²) in [5.74, 6) is -0.837. The second-order valence-corrected chi connectivity index (χ2v) is 5.46. The lowest BCUT2D eigenvalue weighted by Crippen LogP contribution is -2.33. The number of hydrogen-bond acceptors (Lipinski definition) is 4. The van der Waals surface area contributed by atoms with Crippen molar-refractivity contribution in [1.82, 2.24) is 0 Å². The first-order valence-corrected chi connectivity index (χ1v) is 7.38. The van der Waals surface area contributed by atoms with E-state index in [1.54, 1.807) is 38.1 Å². The molecule has 0 amide bonds. The average Bonchev–Trinajstić information content (AvgIpc) is 2.45. The standard InChI is InChI=1S/C17H24O4/c1-5-20-17(19)15(11-12(2)3)13(4)21-16(18)14-9-7-6-8-10-14/h6-10,12-13,15H,5,11H2,1-4H3. The van der Waals surface area contributed by atoms with Crippen LogP contribution in [-0.2, 0) is 14.3 Å². The lowest BCUT2D eigenvalue weighted by atomic mass is 9.93. The predicted molar refractivity (Wildman–Crippen MR) is 80.9 cm³/mol. The van der Waals surface area contributed by atoms with Crippen LogP contribution < -0.4 is 0 Å². The van der Waals surface area contributed by atoms with Crippen LogP contribution in [-0.4, -0.2) is 24.6 Å². The van der Waals surface area contributed by atoms with Gasteiger partial charge in [-0.2, -0.15) is 0 Å². The topological polar surface area (TPSA) is 52.6 Å². The maximum absolute atomic E-state index is 12.1. The van der Waals surface area contributed by atoms with Gasteiger partial charge in [-0.25, -0.2) is 4.79 Å². The van der Waals surface area contributed by atoms with Crippen LogP contribution in [0.15, 0.2) is 30.3 Å². The Kier molecular flexibility index (Phi) is 6.92. The molecule has 0 radical (unpaired) electrons. The molecule has 0 heterocycles. The van der Waals surface area contributed by atoms with Crippen LogP contribution in [0.2, 0.25) is 0 Å². The van der Waals surface area contributed by atoms with Gasteiger partial charge in [0.25, 0.3) is 0 Å². The number of esters is 2. The average molecular weight is 292 g/mol. The Bertz CT molecular complexity index is 453. The number of carbonyl (C=O) groups is 2. The highest BCUT2D eigenvalue weighted by atomic mass is 16.6. The summed E-state index contributed by atoms with van der Waals surface area (Å²) in [6.07, 6.45) is 0.112. The largest absolute Gasteiger partial charge is 0.466 e. The normalized spacial score (nSPS) is 13.6. The van der Waals surface area contributed by atoms with Crippen molar-refractivity contribution in [2.75, 3.05) is 6.61 Å². The van der Waals surface area contributed by atoms with Crippen LogP contribution >= 0.6 is 0 Å². The molecule has 21 heavy (non-hydrogen) atoms. The van der Waals surface area contributed by atoms with E-state index in [1.807, 2.05) is 19.9 Å². The molecule has 4 heteroatoms. The fourth-order valence-corrected chi connectivity index (χ4v) is 2.13. The van der Waals surface area contributed by atoms with Gasteiger partial charge in [0, 0.05) is 0 Å². The molecule has 2 atom stereocenters. The quantitative estimate of drug-likeness (QED) is 0.722. The second-order valence-electron chi connectivity index (χ2n) is 5.46. The molecule has 1 aromatic carbocycles. The van der Waals surface area contributed by atoms with E-state index in [0.717, 1.165) is 0 Å². The first-order valence-electron chi connectivity index (χ1n) is 7.38. The fourth-order valence-electron chi connectivity index (χ4n) is 2.13. The lowest BCUT2D eigenvalue weighted by Gasteiger charge is -2.24. The highest BCUT2D eigenvalue weighted by Gasteiger charge is 2.30. The third-order valence-electron chi connectivity index (χ3n) is 3.18. The molecular formula is C17H24O4. The van der Waals surface area contributed by atoms with Gasteiger partial charge < -0.3 is 9.47 Å². The third-order valence-corrected chi connectivity index (χ3v) is 3.18. The molecule has 0 aliphatic carbocycles.